The molecule has 0 atom stereocenters. The third-order valence-corrected chi connectivity index (χ3v) is 4.14. The summed E-state index contributed by atoms with van der Waals surface area (Å²) in [5, 5.41) is 8.65. The van der Waals surface area contributed by atoms with Crippen LogP contribution in [0.15, 0.2) is 17.0 Å². The van der Waals surface area contributed by atoms with Crippen molar-refractivity contribution in [3.63, 3.8) is 0 Å². The van der Waals surface area contributed by atoms with Crippen molar-refractivity contribution >= 4 is 15.8 Å². The smallest absolute Gasteiger partial charge is 0.303 e. The van der Waals surface area contributed by atoms with Crippen molar-refractivity contribution in [1.82, 2.24) is 0 Å². The van der Waals surface area contributed by atoms with Gasteiger partial charge >= 0.3 is 5.97 Å². The lowest BCUT2D eigenvalue weighted by atomic mass is 10.1. The molecule has 0 saturated carbocycles. The van der Waals surface area contributed by atoms with Crippen LogP contribution < -0.4 is 9.47 Å². The third-order valence-electron chi connectivity index (χ3n) is 2.96. The summed E-state index contributed by atoms with van der Waals surface area (Å²) in [6.07, 6.45) is 1.86. The number of aliphatic carboxylic acids is 1. The number of carboxylic acid groups (broad SMARTS) is 1. The summed E-state index contributed by atoms with van der Waals surface area (Å²) >= 11 is 0. The number of carbonyl (C=O) groups is 1. The van der Waals surface area contributed by atoms with Gasteiger partial charge in [-0.3, -0.25) is 4.79 Å². The number of aryl methyl sites for hydroxylation is 1. The molecule has 0 aromatic heterocycles. The lowest BCUT2D eigenvalue weighted by Crippen LogP contribution is -2.16. The van der Waals surface area contributed by atoms with Crippen molar-refractivity contribution in [2.24, 2.45) is 0 Å². The average Bonchev–Trinajstić information content (AvgIpc) is 2.36. The van der Waals surface area contributed by atoms with Gasteiger partial charge in [-0.15, -0.1) is 0 Å². The molecule has 1 aromatic carbocycles. The van der Waals surface area contributed by atoms with Crippen LogP contribution in [0.1, 0.15) is 18.4 Å². The lowest BCUT2D eigenvalue weighted by molar-refractivity contribution is -0.137. The SMILES string of the molecule is CS(=O)(=O)c1cc2c(cc1CCCC(=O)O)OCCO2. The van der Waals surface area contributed by atoms with E-state index in [0.717, 1.165) is 6.26 Å². The Morgan fingerprint density at radius 3 is 2.40 bits per heavy atom. The topological polar surface area (TPSA) is 89.9 Å². The van der Waals surface area contributed by atoms with Crippen molar-refractivity contribution < 1.29 is 27.8 Å². The van der Waals surface area contributed by atoms with Crippen molar-refractivity contribution in [3.8, 4) is 11.5 Å². The van der Waals surface area contributed by atoms with Crippen LogP contribution >= 0.6 is 0 Å². The van der Waals surface area contributed by atoms with Crippen molar-refractivity contribution in [2.45, 2.75) is 24.2 Å². The summed E-state index contributed by atoms with van der Waals surface area (Å²) in [7, 11) is -3.40. The Balaban J connectivity index is 2.34. The van der Waals surface area contributed by atoms with Crippen LogP contribution in [0.3, 0.4) is 0 Å². The monoisotopic (exact) mass is 300 g/mol. The van der Waals surface area contributed by atoms with E-state index in [-0.39, 0.29) is 11.3 Å². The molecule has 0 saturated heterocycles. The van der Waals surface area contributed by atoms with Gasteiger partial charge in [-0.1, -0.05) is 0 Å². The van der Waals surface area contributed by atoms with Gasteiger partial charge in [0, 0.05) is 18.7 Å². The van der Waals surface area contributed by atoms with Crippen LogP contribution in [0.4, 0.5) is 0 Å². The molecule has 110 valence electrons. The van der Waals surface area contributed by atoms with Gasteiger partial charge in [0.1, 0.15) is 13.2 Å². The molecule has 20 heavy (non-hydrogen) atoms. The predicted molar refractivity (Wildman–Crippen MR) is 71.1 cm³/mol. The molecule has 0 aliphatic carbocycles. The maximum atomic E-state index is 11.8. The molecular weight excluding hydrogens is 284 g/mol. The standard InChI is InChI=1S/C13H16O6S/c1-20(16,17)12-8-11-10(18-5-6-19-11)7-9(12)3-2-4-13(14)15/h7-8H,2-6H2,1H3,(H,14,15). The number of sulfone groups is 1. The molecule has 0 bridgehead atoms. The fourth-order valence-electron chi connectivity index (χ4n) is 2.08. The second kappa shape index (κ2) is 5.70. The van der Waals surface area contributed by atoms with E-state index in [1.165, 1.54) is 6.07 Å². The van der Waals surface area contributed by atoms with Crippen LogP contribution in [0.25, 0.3) is 0 Å². The Hall–Kier alpha value is -1.76. The first-order valence-corrected chi connectivity index (χ1v) is 8.11. The fourth-order valence-corrected chi connectivity index (χ4v) is 3.04. The summed E-state index contributed by atoms with van der Waals surface area (Å²) < 4.78 is 34.4. The summed E-state index contributed by atoms with van der Waals surface area (Å²) in [4.78, 5) is 10.7. The van der Waals surface area contributed by atoms with Gasteiger partial charge < -0.3 is 14.6 Å². The molecule has 1 aliphatic heterocycles. The molecule has 1 aromatic rings. The van der Waals surface area contributed by atoms with E-state index < -0.39 is 15.8 Å². The van der Waals surface area contributed by atoms with Gasteiger partial charge in [0.2, 0.25) is 0 Å². The Labute approximate surface area is 117 Å². The average molecular weight is 300 g/mol. The molecule has 0 spiro atoms. The van der Waals surface area contributed by atoms with Gasteiger partial charge in [-0.05, 0) is 24.5 Å². The summed E-state index contributed by atoms with van der Waals surface area (Å²) in [6, 6.07) is 3.09. The van der Waals surface area contributed by atoms with Gasteiger partial charge in [-0.25, -0.2) is 8.42 Å². The van der Waals surface area contributed by atoms with Crippen molar-refractivity contribution in [3.05, 3.63) is 17.7 Å². The normalized spacial score (nSPS) is 14.1. The molecule has 1 heterocycles. The van der Waals surface area contributed by atoms with Crippen molar-refractivity contribution in [2.75, 3.05) is 19.5 Å². The molecule has 0 radical (unpaired) electrons. The number of ether oxygens (including phenoxy) is 2. The summed E-state index contributed by atoms with van der Waals surface area (Å²) in [6.45, 7) is 0.800. The van der Waals surface area contributed by atoms with Crippen LogP contribution in [0.5, 0.6) is 11.5 Å². The third kappa shape index (κ3) is 3.41. The van der Waals surface area contributed by atoms with Crippen LogP contribution in [0.2, 0.25) is 0 Å². The molecule has 1 aliphatic rings. The van der Waals surface area contributed by atoms with Gasteiger partial charge in [0.25, 0.3) is 0 Å². The zero-order chi connectivity index (χ0) is 14.8. The number of rotatable bonds is 5. The Morgan fingerprint density at radius 1 is 1.25 bits per heavy atom. The highest BCUT2D eigenvalue weighted by Gasteiger charge is 2.20. The molecule has 6 nitrogen and oxygen atoms in total. The van der Waals surface area contributed by atoms with E-state index in [4.69, 9.17) is 14.6 Å². The van der Waals surface area contributed by atoms with Gasteiger partial charge in [0.15, 0.2) is 21.3 Å². The number of fused-ring (bicyclic) bond motifs is 1. The zero-order valence-corrected chi connectivity index (χ0v) is 11.9. The highest BCUT2D eigenvalue weighted by molar-refractivity contribution is 7.90. The van der Waals surface area contributed by atoms with Crippen LogP contribution in [0, 0.1) is 0 Å². The summed E-state index contributed by atoms with van der Waals surface area (Å²) in [5.41, 5.74) is 0.568. The minimum Gasteiger partial charge on any atom is -0.486 e. The van der Waals surface area contributed by atoms with E-state index in [1.807, 2.05) is 0 Å². The van der Waals surface area contributed by atoms with Crippen LogP contribution in [-0.2, 0) is 21.1 Å². The maximum absolute atomic E-state index is 11.8. The second-order valence-corrected chi connectivity index (χ2v) is 6.61. The minimum atomic E-state index is -3.40. The fraction of sp³-hybridized carbons (Fsp3) is 0.462. The molecule has 7 heteroatoms. The first-order chi connectivity index (χ1) is 9.38. The predicted octanol–water partition coefficient (Wildman–Crippen LogP) is 1.27. The van der Waals surface area contributed by atoms with E-state index in [1.54, 1.807) is 6.07 Å². The lowest BCUT2D eigenvalue weighted by Gasteiger charge is -2.20. The molecule has 0 fully saturated rings. The largest absolute Gasteiger partial charge is 0.486 e. The number of hydrogen-bond donors (Lipinski definition) is 1. The molecule has 2 rings (SSSR count). The van der Waals surface area contributed by atoms with E-state index in [9.17, 15) is 13.2 Å². The molecule has 0 amide bonds. The van der Waals surface area contributed by atoms with E-state index in [0.29, 0.717) is 43.1 Å². The Kier molecular flexibility index (Phi) is 4.17. The highest BCUT2D eigenvalue weighted by atomic mass is 32.2. The van der Waals surface area contributed by atoms with Gasteiger partial charge in [-0.2, -0.15) is 0 Å². The molecular formula is C13H16O6S. The quantitative estimate of drug-likeness (QED) is 0.880. The number of hydrogen-bond acceptors (Lipinski definition) is 5. The van der Waals surface area contributed by atoms with E-state index in [2.05, 4.69) is 0 Å². The molecule has 0 unspecified atom stereocenters. The zero-order valence-electron chi connectivity index (χ0n) is 11.1. The number of benzene rings is 1. The second-order valence-electron chi connectivity index (χ2n) is 4.62. The van der Waals surface area contributed by atoms with Crippen LogP contribution in [-0.4, -0.2) is 39.0 Å². The minimum absolute atomic E-state index is 0.00234. The molecule has 1 N–H and O–H groups in total. The maximum Gasteiger partial charge on any atom is 0.303 e. The van der Waals surface area contributed by atoms with E-state index >= 15 is 0 Å². The first-order valence-electron chi connectivity index (χ1n) is 6.22. The Morgan fingerprint density at radius 2 is 1.85 bits per heavy atom. The highest BCUT2D eigenvalue weighted by Crippen LogP contribution is 2.35. The van der Waals surface area contributed by atoms with Crippen molar-refractivity contribution in [1.29, 1.82) is 0 Å². The number of carboxylic acids is 1. The Bertz CT molecular complexity index is 620. The summed E-state index contributed by atoms with van der Waals surface area (Å²) in [5.74, 6) is 0.0242. The van der Waals surface area contributed by atoms with Gasteiger partial charge in [0.05, 0.1) is 4.90 Å². The first kappa shape index (κ1) is 14.6.